The molecule has 1 fully saturated rings. The average molecular weight is 141 g/mol. The van der Waals surface area contributed by atoms with Gasteiger partial charge in [0.1, 0.15) is 5.84 Å². The van der Waals surface area contributed by atoms with E-state index in [1.165, 1.54) is 25.9 Å². The molecule has 3 nitrogen and oxygen atoms in total. The quantitative estimate of drug-likeness (QED) is 0.329. The molecule has 0 unspecified atom stereocenters. The Morgan fingerprint density at radius 1 is 1.40 bits per heavy atom. The smallest absolute Gasteiger partial charge is 0.121 e. The maximum absolute atomic E-state index is 4.10. The highest BCUT2D eigenvalue weighted by Gasteiger charge is 2.11. The zero-order valence-corrected chi connectivity index (χ0v) is 6.72. The third-order valence-corrected chi connectivity index (χ3v) is 1.84. The van der Waals surface area contributed by atoms with Crippen molar-refractivity contribution in [3.8, 4) is 0 Å². The summed E-state index contributed by atoms with van der Waals surface area (Å²) >= 11 is 0. The highest BCUT2D eigenvalue weighted by molar-refractivity contribution is 5.79. The van der Waals surface area contributed by atoms with Crippen LogP contribution in [0.5, 0.6) is 0 Å². The number of hydrazone groups is 1. The van der Waals surface area contributed by atoms with Gasteiger partial charge in [0.15, 0.2) is 0 Å². The normalized spacial score (nSPS) is 19.8. The first-order valence-corrected chi connectivity index (χ1v) is 3.80. The Morgan fingerprint density at radius 3 is 2.50 bits per heavy atom. The van der Waals surface area contributed by atoms with Crippen molar-refractivity contribution < 1.29 is 0 Å². The number of likely N-dealkylation sites (tertiary alicyclic amines) is 1. The molecule has 1 aliphatic rings. The molecule has 0 spiro atoms. The molecule has 1 N–H and O–H groups in total. The van der Waals surface area contributed by atoms with Gasteiger partial charge in [0, 0.05) is 20.1 Å². The monoisotopic (exact) mass is 141 g/mol. The topological polar surface area (TPSA) is 27.6 Å². The van der Waals surface area contributed by atoms with Gasteiger partial charge in [-0.15, -0.1) is 0 Å². The maximum atomic E-state index is 4.10. The van der Waals surface area contributed by atoms with Crippen LogP contribution in [-0.2, 0) is 0 Å². The molecule has 1 saturated heterocycles. The lowest BCUT2D eigenvalue weighted by Gasteiger charge is -2.15. The third-order valence-electron chi connectivity index (χ3n) is 1.84. The zero-order chi connectivity index (χ0) is 7.40. The molecular formula is C7H15N3. The van der Waals surface area contributed by atoms with E-state index in [4.69, 9.17) is 0 Å². The first kappa shape index (κ1) is 7.38. The summed E-state index contributed by atoms with van der Waals surface area (Å²) in [6.07, 6.45) is 2.63. The molecule has 0 radical (unpaired) electrons. The van der Waals surface area contributed by atoms with E-state index in [1.807, 2.05) is 14.0 Å². The Kier molecular flexibility index (Phi) is 2.54. The Bertz CT molecular complexity index is 125. The first-order chi connectivity index (χ1) is 4.84. The van der Waals surface area contributed by atoms with E-state index < -0.39 is 0 Å². The van der Waals surface area contributed by atoms with Gasteiger partial charge in [-0.05, 0) is 19.8 Å². The molecular weight excluding hydrogens is 126 g/mol. The van der Waals surface area contributed by atoms with Crippen molar-refractivity contribution in [1.29, 1.82) is 0 Å². The van der Waals surface area contributed by atoms with E-state index in [0.29, 0.717) is 0 Å². The van der Waals surface area contributed by atoms with Crippen LogP contribution in [0, 0.1) is 0 Å². The molecule has 1 rings (SSSR count). The van der Waals surface area contributed by atoms with Gasteiger partial charge in [0.05, 0.1) is 0 Å². The minimum absolute atomic E-state index is 1.11. The number of hydrogen-bond donors (Lipinski definition) is 1. The van der Waals surface area contributed by atoms with Crippen molar-refractivity contribution in [1.82, 2.24) is 10.3 Å². The summed E-state index contributed by atoms with van der Waals surface area (Å²) in [5.41, 5.74) is 2.79. The number of amidine groups is 1. The van der Waals surface area contributed by atoms with Gasteiger partial charge in [-0.1, -0.05) is 0 Å². The van der Waals surface area contributed by atoms with Crippen molar-refractivity contribution in [2.45, 2.75) is 19.8 Å². The second kappa shape index (κ2) is 3.44. The van der Waals surface area contributed by atoms with Crippen LogP contribution in [0.4, 0.5) is 0 Å². The highest BCUT2D eigenvalue weighted by Crippen LogP contribution is 2.07. The molecule has 58 valence electrons. The lowest BCUT2D eigenvalue weighted by molar-refractivity contribution is 0.510. The molecule has 0 aliphatic carbocycles. The summed E-state index contributed by atoms with van der Waals surface area (Å²) in [5, 5.41) is 4.10. The molecule has 1 aliphatic heterocycles. The fourth-order valence-corrected chi connectivity index (χ4v) is 1.27. The van der Waals surface area contributed by atoms with Crippen LogP contribution < -0.4 is 5.43 Å². The van der Waals surface area contributed by atoms with E-state index in [1.54, 1.807) is 0 Å². The van der Waals surface area contributed by atoms with Gasteiger partial charge in [-0.25, -0.2) is 0 Å². The van der Waals surface area contributed by atoms with Crippen molar-refractivity contribution in [3.05, 3.63) is 0 Å². The molecule has 0 amide bonds. The molecule has 0 saturated carbocycles. The van der Waals surface area contributed by atoms with Crippen LogP contribution in [0.15, 0.2) is 5.10 Å². The Morgan fingerprint density at radius 2 is 2.00 bits per heavy atom. The number of rotatable bonds is 1. The molecule has 0 aromatic heterocycles. The largest absolute Gasteiger partial charge is 0.359 e. The summed E-state index contributed by atoms with van der Waals surface area (Å²) < 4.78 is 0. The lowest BCUT2D eigenvalue weighted by Crippen LogP contribution is -2.26. The predicted octanol–water partition coefficient (Wildman–Crippen LogP) is 0.635. The predicted molar refractivity (Wildman–Crippen MR) is 43.0 cm³/mol. The lowest BCUT2D eigenvalue weighted by atomic mass is 10.4. The fraction of sp³-hybridized carbons (Fsp3) is 0.857. The van der Waals surface area contributed by atoms with E-state index >= 15 is 0 Å². The minimum atomic E-state index is 1.11. The summed E-state index contributed by atoms with van der Waals surface area (Å²) in [4.78, 5) is 2.30. The van der Waals surface area contributed by atoms with Gasteiger partial charge in [0.2, 0.25) is 0 Å². The Labute approximate surface area is 62.1 Å². The van der Waals surface area contributed by atoms with Gasteiger partial charge < -0.3 is 10.3 Å². The molecule has 1 heterocycles. The second-order valence-corrected chi connectivity index (χ2v) is 2.58. The molecule has 0 bridgehead atoms. The number of nitrogens with zero attached hydrogens (tertiary/aromatic N) is 2. The molecule has 0 aromatic carbocycles. The van der Waals surface area contributed by atoms with Crippen LogP contribution in [0.2, 0.25) is 0 Å². The van der Waals surface area contributed by atoms with Gasteiger partial charge in [-0.3, -0.25) is 0 Å². The van der Waals surface area contributed by atoms with Gasteiger partial charge >= 0.3 is 0 Å². The van der Waals surface area contributed by atoms with Crippen molar-refractivity contribution in [2.24, 2.45) is 5.10 Å². The SMILES string of the molecule is CN/N=C(\C)N1CCCC1. The van der Waals surface area contributed by atoms with Crippen molar-refractivity contribution in [2.75, 3.05) is 20.1 Å². The fourth-order valence-electron chi connectivity index (χ4n) is 1.27. The van der Waals surface area contributed by atoms with Crippen LogP contribution >= 0.6 is 0 Å². The zero-order valence-electron chi connectivity index (χ0n) is 6.72. The standard InChI is InChI=1S/C7H15N3/c1-7(9-8-2)10-5-3-4-6-10/h8H,3-6H2,1-2H3/b9-7+. The molecule has 3 heteroatoms. The van der Waals surface area contributed by atoms with Crippen LogP contribution in [-0.4, -0.2) is 30.9 Å². The van der Waals surface area contributed by atoms with Crippen molar-refractivity contribution >= 4 is 5.84 Å². The van der Waals surface area contributed by atoms with E-state index in [2.05, 4.69) is 15.4 Å². The third kappa shape index (κ3) is 1.62. The van der Waals surface area contributed by atoms with Crippen LogP contribution in [0.3, 0.4) is 0 Å². The van der Waals surface area contributed by atoms with Crippen LogP contribution in [0.1, 0.15) is 19.8 Å². The van der Waals surface area contributed by atoms with E-state index in [-0.39, 0.29) is 0 Å². The second-order valence-electron chi connectivity index (χ2n) is 2.58. The van der Waals surface area contributed by atoms with Crippen molar-refractivity contribution in [3.63, 3.8) is 0 Å². The van der Waals surface area contributed by atoms with E-state index in [9.17, 15) is 0 Å². The summed E-state index contributed by atoms with van der Waals surface area (Å²) in [6.45, 7) is 4.40. The molecule has 10 heavy (non-hydrogen) atoms. The number of hydrogen-bond acceptors (Lipinski definition) is 2. The summed E-state index contributed by atoms with van der Waals surface area (Å²) in [6, 6.07) is 0. The molecule has 0 atom stereocenters. The van der Waals surface area contributed by atoms with Crippen LogP contribution in [0.25, 0.3) is 0 Å². The minimum Gasteiger partial charge on any atom is -0.359 e. The number of nitrogens with one attached hydrogen (secondary N) is 1. The highest BCUT2D eigenvalue weighted by atomic mass is 15.3. The average Bonchev–Trinajstić information content (AvgIpc) is 2.38. The molecule has 0 aromatic rings. The first-order valence-electron chi connectivity index (χ1n) is 3.80. The Balaban J connectivity index is 2.39. The summed E-state index contributed by atoms with van der Waals surface area (Å²) in [5.74, 6) is 1.11. The van der Waals surface area contributed by atoms with E-state index in [0.717, 1.165) is 5.84 Å². The maximum Gasteiger partial charge on any atom is 0.121 e. The van der Waals surface area contributed by atoms with Gasteiger partial charge in [0.25, 0.3) is 0 Å². The Hall–Kier alpha value is -0.730. The van der Waals surface area contributed by atoms with Gasteiger partial charge in [-0.2, -0.15) is 5.10 Å². The summed E-state index contributed by atoms with van der Waals surface area (Å²) in [7, 11) is 1.83.